The molecule has 0 bridgehead atoms. The smallest absolute Gasteiger partial charge is 0.383 e. The molecule has 0 amide bonds. The average Bonchev–Trinajstić information content (AvgIpc) is 2.61. The highest BCUT2D eigenvalue weighted by molar-refractivity contribution is 6.06. The summed E-state index contributed by atoms with van der Waals surface area (Å²) in [4.78, 5) is 2.69. The number of amidine groups is 1. The van der Waals surface area contributed by atoms with E-state index in [1.54, 1.807) is 12.1 Å². The lowest BCUT2D eigenvalue weighted by Gasteiger charge is -2.16. The molecule has 2 nitrogen and oxygen atoms in total. The SMILES string of the molecule is NC(=NC(F)(F)F)c1cccc(-c2ccccc2)c1-c1ccccc1. The van der Waals surface area contributed by atoms with E-state index < -0.39 is 12.1 Å². The quantitative estimate of drug-likeness (QED) is 0.395. The average molecular weight is 340 g/mol. The number of nitrogens with zero attached hydrogens (tertiary/aromatic N) is 1. The first-order chi connectivity index (χ1) is 12.0. The van der Waals surface area contributed by atoms with Crippen LogP contribution in [0.2, 0.25) is 0 Å². The zero-order valence-electron chi connectivity index (χ0n) is 13.2. The Morgan fingerprint density at radius 2 is 1.28 bits per heavy atom. The number of aliphatic imine (C=N–C) groups is 1. The maximum absolute atomic E-state index is 12.7. The molecule has 0 radical (unpaired) electrons. The molecule has 5 heteroatoms. The molecule has 0 saturated carbocycles. The van der Waals surface area contributed by atoms with Gasteiger partial charge in [0, 0.05) is 11.1 Å². The maximum atomic E-state index is 12.7. The normalized spacial score (nSPS) is 12.2. The number of benzene rings is 3. The summed E-state index contributed by atoms with van der Waals surface area (Å²) in [5, 5.41) is 0. The Balaban J connectivity index is 2.28. The van der Waals surface area contributed by atoms with Crippen molar-refractivity contribution in [3.05, 3.63) is 84.4 Å². The second kappa shape index (κ2) is 6.81. The Bertz CT molecular complexity index is 886. The first-order valence-corrected chi connectivity index (χ1v) is 7.62. The summed E-state index contributed by atoms with van der Waals surface area (Å²) in [7, 11) is 0. The van der Waals surface area contributed by atoms with Gasteiger partial charge in [-0.25, -0.2) is 0 Å². The molecule has 0 aromatic heterocycles. The number of hydrogen-bond donors (Lipinski definition) is 1. The van der Waals surface area contributed by atoms with Crippen LogP contribution in [-0.2, 0) is 0 Å². The molecule has 0 saturated heterocycles. The molecule has 0 fully saturated rings. The summed E-state index contributed by atoms with van der Waals surface area (Å²) >= 11 is 0. The molecular weight excluding hydrogens is 325 g/mol. The van der Waals surface area contributed by atoms with Gasteiger partial charge in [0.05, 0.1) is 0 Å². The summed E-state index contributed by atoms with van der Waals surface area (Å²) in [6.45, 7) is 0. The summed E-state index contributed by atoms with van der Waals surface area (Å²) in [5.41, 5.74) is 9.04. The van der Waals surface area contributed by atoms with Crippen molar-refractivity contribution in [1.82, 2.24) is 0 Å². The van der Waals surface area contributed by atoms with Crippen molar-refractivity contribution in [2.75, 3.05) is 0 Å². The van der Waals surface area contributed by atoms with Crippen molar-refractivity contribution >= 4 is 5.84 Å². The molecule has 0 atom stereocenters. The van der Waals surface area contributed by atoms with Crippen molar-refractivity contribution in [1.29, 1.82) is 0 Å². The third kappa shape index (κ3) is 3.88. The minimum Gasteiger partial charge on any atom is -0.383 e. The van der Waals surface area contributed by atoms with Crippen LogP contribution in [0, 0.1) is 0 Å². The van der Waals surface area contributed by atoms with Crippen LogP contribution >= 0.6 is 0 Å². The fourth-order valence-corrected chi connectivity index (χ4v) is 2.74. The minimum atomic E-state index is -4.72. The van der Waals surface area contributed by atoms with Gasteiger partial charge in [-0.05, 0) is 16.7 Å². The molecule has 25 heavy (non-hydrogen) atoms. The standard InChI is InChI=1S/C20H15F3N2/c21-20(22,23)25-19(24)17-13-7-12-16(14-8-3-1-4-9-14)18(17)15-10-5-2-6-11-15/h1-13H,(H2,24,25). The van der Waals surface area contributed by atoms with E-state index >= 15 is 0 Å². The third-order valence-electron chi connectivity index (χ3n) is 3.73. The van der Waals surface area contributed by atoms with Gasteiger partial charge in [0.1, 0.15) is 5.84 Å². The van der Waals surface area contributed by atoms with E-state index in [0.717, 1.165) is 16.7 Å². The van der Waals surface area contributed by atoms with Gasteiger partial charge in [-0.2, -0.15) is 4.99 Å². The van der Waals surface area contributed by atoms with E-state index in [1.165, 1.54) is 0 Å². The van der Waals surface area contributed by atoms with Gasteiger partial charge < -0.3 is 5.73 Å². The molecule has 3 rings (SSSR count). The van der Waals surface area contributed by atoms with Crippen LogP contribution in [0.4, 0.5) is 13.2 Å². The van der Waals surface area contributed by atoms with E-state index in [1.807, 2.05) is 66.7 Å². The number of hydrogen-bond acceptors (Lipinski definition) is 1. The summed E-state index contributed by atoms with van der Waals surface area (Å²) < 4.78 is 38.0. The van der Waals surface area contributed by atoms with Gasteiger partial charge in [-0.15, -0.1) is 13.2 Å². The Kier molecular flexibility index (Phi) is 4.57. The number of rotatable bonds is 3. The molecule has 3 aromatic carbocycles. The van der Waals surface area contributed by atoms with Gasteiger partial charge in [0.15, 0.2) is 0 Å². The predicted molar refractivity (Wildman–Crippen MR) is 94.1 cm³/mol. The zero-order valence-corrected chi connectivity index (χ0v) is 13.2. The molecular formula is C20H15F3N2. The fraction of sp³-hybridized carbons (Fsp3) is 0.0500. The van der Waals surface area contributed by atoms with E-state index in [2.05, 4.69) is 4.99 Å². The lowest BCUT2D eigenvalue weighted by Crippen LogP contribution is -2.20. The van der Waals surface area contributed by atoms with Crippen molar-refractivity contribution in [2.45, 2.75) is 6.30 Å². The second-order valence-corrected chi connectivity index (χ2v) is 5.43. The predicted octanol–water partition coefficient (Wildman–Crippen LogP) is 5.25. The summed E-state index contributed by atoms with van der Waals surface area (Å²) in [6, 6.07) is 23.7. The van der Waals surface area contributed by atoms with Crippen molar-refractivity contribution < 1.29 is 13.2 Å². The highest BCUT2D eigenvalue weighted by atomic mass is 19.4. The number of nitrogens with two attached hydrogens (primary N) is 1. The largest absolute Gasteiger partial charge is 0.505 e. The lowest BCUT2D eigenvalue weighted by atomic mass is 9.90. The van der Waals surface area contributed by atoms with Crippen molar-refractivity contribution in [3.63, 3.8) is 0 Å². The van der Waals surface area contributed by atoms with Gasteiger partial charge in [0.25, 0.3) is 0 Å². The van der Waals surface area contributed by atoms with Crippen LogP contribution in [0.5, 0.6) is 0 Å². The van der Waals surface area contributed by atoms with Gasteiger partial charge in [-0.3, -0.25) is 0 Å². The topological polar surface area (TPSA) is 38.4 Å². The summed E-state index contributed by atoms with van der Waals surface area (Å²) in [5.74, 6) is -0.552. The van der Waals surface area contributed by atoms with E-state index in [-0.39, 0.29) is 5.56 Å². The molecule has 0 unspecified atom stereocenters. The Morgan fingerprint density at radius 1 is 0.720 bits per heavy atom. The van der Waals surface area contributed by atoms with E-state index in [9.17, 15) is 13.2 Å². The van der Waals surface area contributed by atoms with Crippen LogP contribution in [0.3, 0.4) is 0 Å². The van der Waals surface area contributed by atoms with Crippen molar-refractivity contribution in [3.8, 4) is 22.3 Å². The minimum absolute atomic E-state index is 0.255. The first-order valence-electron chi connectivity index (χ1n) is 7.62. The van der Waals surface area contributed by atoms with Crippen LogP contribution < -0.4 is 5.73 Å². The van der Waals surface area contributed by atoms with Gasteiger partial charge in [-0.1, -0.05) is 78.9 Å². The molecule has 3 aromatic rings. The number of alkyl halides is 3. The first kappa shape index (κ1) is 16.8. The molecule has 0 heterocycles. The highest BCUT2D eigenvalue weighted by Crippen LogP contribution is 2.35. The lowest BCUT2D eigenvalue weighted by molar-refractivity contribution is -0.119. The fourth-order valence-electron chi connectivity index (χ4n) is 2.74. The van der Waals surface area contributed by atoms with E-state index in [4.69, 9.17) is 5.73 Å². The summed E-state index contributed by atoms with van der Waals surface area (Å²) in [6.07, 6.45) is -4.72. The van der Waals surface area contributed by atoms with Crippen LogP contribution in [0.1, 0.15) is 5.56 Å². The molecule has 2 N–H and O–H groups in total. The van der Waals surface area contributed by atoms with Crippen LogP contribution in [-0.4, -0.2) is 12.1 Å². The zero-order chi connectivity index (χ0) is 17.9. The molecule has 0 spiro atoms. The molecule has 126 valence electrons. The Morgan fingerprint density at radius 3 is 1.84 bits per heavy atom. The third-order valence-corrected chi connectivity index (χ3v) is 3.73. The Labute approximate surface area is 143 Å². The second-order valence-electron chi connectivity index (χ2n) is 5.43. The maximum Gasteiger partial charge on any atom is 0.505 e. The van der Waals surface area contributed by atoms with Gasteiger partial charge in [0.2, 0.25) is 0 Å². The molecule has 0 aliphatic carbocycles. The number of halogens is 3. The highest BCUT2D eigenvalue weighted by Gasteiger charge is 2.28. The van der Waals surface area contributed by atoms with E-state index in [0.29, 0.717) is 5.56 Å². The van der Waals surface area contributed by atoms with Crippen LogP contribution in [0.15, 0.2) is 83.9 Å². The van der Waals surface area contributed by atoms with Crippen LogP contribution in [0.25, 0.3) is 22.3 Å². The monoisotopic (exact) mass is 340 g/mol. The Hall–Kier alpha value is -3.08. The van der Waals surface area contributed by atoms with Gasteiger partial charge >= 0.3 is 6.30 Å². The molecule has 0 aliphatic rings. The molecule has 0 aliphatic heterocycles. The van der Waals surface area contributed by atoms with Crippen molar-refractivity contribution in [2.24, 2.45) is 10.7 Å².